The molecule has 0 aromatic rings. The maximum Gasteiger partial charge on any atom is 0.320 e. The van der Waals surface area contributed by atoms with Gasteiger partial charge in [0.2, 0.25) is 0 Å². The highest BCUT2D eigenvalue weighted by molar-refractivity contribution is 5.73. The molecule has 102 valence electrons. The minimum atomic E-state index is -0.737. The molecule has 0 aliphatic carbocycles. The van der Waals surface area contributed by atoms with Gasteiger partial charge in [-0.05, 0) is 25.9 Å². The fourth-order valence-corrected chi connectivity index (χ4v) is 2.03. The van der Waals surface area contributed by atoms with E-state index in [1.54, 1.807) is 0 Å². The number of carboxylic acids is 1. The third-order valence-electron chi connectivity index (χ3n) is 2.72. The first-order valence-corrected chi connectivity index (χ1v) is 6.39. The van der Waals surface area contributed by atoms with Crippen molar-refractivity contribution in [2.75, 3.05) is 27.2 Å². The van der Waals surface area contributed by atoms with Crippen LogP contribution >= 0.6 is 0 Å². The number of carbonyl (C=O) groups is 1. The number of nitrogens with zero attached hydrogens (tertiary/aromatic N) is 1. The summed E-state index contributed by atoms with van der Waals surface area (Å²) >= 11 is 0. The number of hydrogen-bond donors (Lipinski definition) is 2. The second-order valence-corrected chi connectivity index (χ2v) is 5.82. The van der Waals surface area contributed by atoms with Crippen molar-refractivity contribution in [3.63, 3.8) is 0 Å². The molecule has 2 N–H and O–H groups in total. The molecule has 0 fully saturated rings. The summed E-state index contributed by atoms with van der Waals surface area (Å²) in [6.07, 6.45) is 2.70. The van der Waals surface area contributed by atoms with Crippen LogP contribution in [0.1, 0.15) is 40.0 Å². The molecule has 4 heteroatoms. The minimum Gasteiger partial charge on any atom is -0.480 e. The van der Waals surface area contributed by atoms with Crippen LogP contribution in [0, 0.1) is 5.41 Å². The molecule has 0 saturated heterocycles. The monoisotopic (exact) mass is 244 g/mol. The van der Waals surface area contributed by atoms with Crippen LogP contribution in [-0.2, 0) is 4.79 Å². The van der Waals surface area contributed by atoms with Gasteiger partial charge in [0.15, 0.2) is 0 Å². The van der Waals surface area contributed by atoms with Crippen LogP contribution in [0.3, 0.4) is 0 Å². The van der Waals surface area contributed by atoms with E-state index in [2.05, 4.69) is 31.0 Å². The molecule has 0 bridgehead atoms. The molecule has 0 heterocycles. The molecule has 0 amide bonds. The summed E-state index contributed by atoms with van der Waals surface area (Å²) in [5.74, 6) is -0.737. The Bertz CT molecular complexity index is 227. The molecule has 0 rings (SSSR count). The van der Waals surface area contributed by atoms with E-state index >= 15 is 0 Å². The molecule has 1 unspecified atom stereocenters. The first-order valence-electron chi connectivity index (χ1n) is 6.39. The first kappa shape index (κ1) is 16.4. The third-order valence-corrected chi connectivity index (χ3v) is 2.72. The van der Waals surface area contributed by atoms with Crippen molar-refractivity contribution >= 4 is 5.97 Å². The average molecular weight is 244 g/mol. The van der Waals surface area contributed by atoms with Gasteiger partial charge in [-0.1, -0.05) is 33.6 Å². The van der Waals surface area contributed by atoms with E-state index in [-0.39, 0.29) is 5.41 Å². The zero-order valence-electron chi connectivity index (χ0n) is 11.9. The van der Waals surface area contributed by atoms with Gasteiger partial charge in [0.05, 0.1) is 0 Å². The molecular weight excluding hydrogens is 216 g/mol. The fourth-order valence-electron chi connectivity index (χ4n) is 2.03. The number of nitrogens with one attached hydrogen (secondary N) is 1. The standard InChI is InChI=1S/C13H28N2O2/c1-6-7-8-11(12(16)17)14-9-13(2,3)10-15(4)5/h11,14H,6-10H2,1-5H3,(H,16,17). The molecule has 0 spiro atoms. The van der Waals surface area contributed by atoms with Crippen LogP contribution < -0.4 is 5.32 Å². The van der Waals surface area contributed by atoms with E-state index in [4.69, 9.17) is 5.11 Å². The van der Waals surface area contributed by atoms with Gasteiger partial charge in [-0.25, -0.2) is 0 Å². The number of unbranched alkanes of at least 4 members (excludes halogenated alkanes) is 1. The van der Waals surface area contributed by atoms with E-state index in [0.717, 1.165) is 25.9 Å². The topological polar surface area (TPSA) is 52.6 Å². The Morgan fingerprint density at radius 2 is 2.00 bits per heavy atom. The summed E-state index contributed by atoms with van der Waals surface area (Å²) in [4.78, 5) is 13.2. The second kappa shape index (κ2) is 7.67. The van der Waals surface area contributed by atoms with Crippen molar-refractivity contribution in [3.05, 3.63) is 0 Å². The van der Waals surface area contributed by atoms with Crippen molar-refractivity contribution in [3.8, 4) is 0 Å². The minimum absolute atomic E-state index is 0.0867. The van der Waals surface area contributed by atoms with Crippen LogP contribution in [0.2, 0.25) is 0 Å². The zero-order valence-corrected chi connectivity index (χ0v) is 11.9. The maximum absolute atomic E-state index is 11.1. The van der Waals surface area contributed by atoms with Crippen molar-refractivity contribution in [2.24, 2.45) is 5.41 Å². The molecule has 0 saturated carbocycles. The van der Waals surface area contributed by atoms with Gasteiger partial charge in [0.25, 0.3) is 0 Å². The fraction of sp³-hybridized carbons (Fsp3) is 0.923. The van der Waals surface area contributed by atoms with Gasteiger partial charge in [-0.15, -0.1) is 0 Å². The smallest absolute Gasteiger partial charge is 0.320 e. The Morgan fingerprint density at radius 1 is 1.41 bits per heavy atom. The van der Waals surface area contributed by atoms with E-state index < -0.39 is 12.0 Å². The molecule has 1 atom stereocenters. The molecule has 0 aromatic carbocycles. The quantitative estimate of drug-likeness (QED) is 0.649. The summed E-state index contributed by atoms with van der Waals surface area (Å²) in [6, 6.07) is -0.406. The summed E-state index contributed by atoms with van der Waals surface area (Å²) in [6.45, 7) is 8.05. The van der Waals surface area contributed by atoms with Crippen LogP contribution in [0.4, 0.5) is 0 Å². The SMILES string of the molecule is CCCCC(NCC(C)(C)CN(C)C)C(=O)O. The molecule has 0 aromatic heterocycles. The van der Waals surface area contributed by atoms with E-state index in [1.807, 2.05) is 14.1 Å². The molecule has 0 aliphatic heterocycles. The summed E-state index contributed by atoms with van der Waals surface area (Å²) < 4.78 is 0. The van der Waals surface area contributed by atoms with Crippen molar-refractivity contribution in [2.45, 2.75) is 46.1 Å². The van der Waals surface area contributed by atoms with Crippen LogP contribution in [0.25, 0.3) is 0 Å². The Kier molecular flexibility index (Phi) is 7.39. The van der Waals surface area contributed by atoms with E-state index in [9.17, 15) is 4.79 Å². The van der Waals surface area contributed by atoms with Gasteiger partial charge < -0.3 is 15.3 Å². The molecule has 0 aliphatic rings. The number of hydrogen-bond acceptors (Lipinski definition) is 3. The summed E-state index contributed by atoms with van der Waals surface area (Å²) in [5.41, 5.74) is 0.0867. The zero-order chi connectivity index (χ0) is 13.5. The lowest BCUT2D eigenvalue weighted by Gasteiger charge is -2.30. The van der Waals surface area contributed by atoms with Crippen LogP contribution in [0.15, 0.2) is 0 Å². The predicted molar refractivity (Wildman–Crippen MR) is 71.3 cm³/mol. The molecule has 0 radical (unpaired) electrons. The first-order chi connectivity index (χ1) is 7.78. The highest BCUT2D eigenvalue weighted by atomic mass is 16.4. The van der Waals surface area contributed by atoms with Gasteiger partial charge >= 0.3 is 5.97 Å². The second-order valence-electron chi connectivity index (χ2n) is 5.82. The van der Waals surface area contributed by atoms with Crippen molar-refractivity contribution < 1.29 is 9.90 Å². The molecular formula is C13H28N2O2. The number of rotatable bonds is 9. The maximum atomic E-state index is 11.1. The number of carboxylic acid groups (broad SMARTS) is 1. The number of aliphatic carboxylic acids is 1. The molecule has 4 nitrogen and oxygen atoms in total. The van der Waals surface area contributed by atoms with Gasteiger partial charge in [-0.3, -0.25) is 4.79 Å². The highest BCUT2D eigenvalue weighted by Crippen LogP contribution is 2.15. The third kappa shape index (κ3) is 8.16. The van der Waals surface area contributed by atoms with Crippen LogP contribution in [0.5, 0.6) is 0 Å². The Morgan fingerprint density at radius 3 is 2.41 bits per heavy atom. The highest BCUT2D eigenvalue weighted by Gasteiger charge is 2.23. The van der Waals surface area contributed by atoms with Crippen LogP contribution in [-0.4, -0.2) is 49.2 Å². The Hall–Kier alpha value is -0.610. The lowest BCUT2D eigenvalue weighted by Crippen LogP contribution is -2.44. The van der Waals surface area contributed by atoms with Crippen molar-refractivity contribution in [1.29, 1.82) is 0 Å². The summed E-state index contributed by atoms with van der Waals surface area (Å²) in [5, 5.41) is 12.3. The lowest BCUT2D eigenvalue weighted by atomic mass is 9.92. The van der Waals surface area contributed by atoms with Gasteiger partial charge in [0, 0.05) is 13.1 Å². The lowest BCUT2D eigenvalue weighted by molar-refractivity contribution is -0.139. The normalized spacial score (nSPS) is 14.0. The Labute approximate surface area is 105 Å². The van der Waals surface area contributed by atoms with Gasteiger partial charge in [0.1, 0.15) is 6.04 Å². The van der Waals surface area contributed by atoms with E-state index in [1.165, 1.54) is 0 Å². The van der Waals surface area contributed by atoms with Crippen molar-refractivity contribution in [1.82, 2.24) is 10.2 Å². The molecule has 17 heavy (non-hydrogen) atoms. The van der Waals surface area contributed by atoms with E-state index in [0.29, 0.717) is 6.42 Å². The predicted octanol–water partition coefficient (Wildman–Crippen LogP) is 1.81. The van der Waals surface area contributed by atoms with Gasteiger partial charge in [-0.2, -0.15) is 0 Å². The summed E-state index contributed by atoms with van der Waals surface area (Å²) in [7, 11) is 4.07. The Balaban J connectivity index is 4.14. The largest absolute Gasteiger partial charge is 0.480 e. The average Bonchev–Trinajstić information content (AvgIpc) is 2.15.